The minimum Gasteiger partial charge on any atom is -0.463 e. The SMILES string of the molecule is C[C@H]([NH2+]Cc1cc(=O)n2cc(Br)ccc2n1)c1ccco1. The first kappa shape index (κ1) is 14.0. The van der Waals surface area contributed by atoms with E-state index in [0.29, 0.717) is 12.2 Å². The van der Waals surface area contributed by atoms with Gasteiger partial charge in [0.25, 0.3) is 5.56 Å². The molecule has 3 heterocycles. The lowest BCUT2D eigenvalue weighted by Crippen LogP contribution is -2.83. The van der Waals surface area contributed by atoms with Crippen molar-refractivity contribution in [1.82, 2.24) is 9.38 Å². The maximum atomic E-state index is 12.1. The molecule has 0 unspecified atom stereocenters. The fraction of sp³-hybridized carbons (Fsp3) is 0.200. The molecule has 0 spiro atoms. The molecule has 6 heteroatoms. The number of rotatable bonds is 4. The number of quaternary nitrogens is 1. The van der Waals surface area contributed by atoms with Crippen LogP contribution in [0.2, 0.25) is 0 Å². The van der Waals surface area contributed by atoms with Crippen molar-refractivity contribution in [1.29, 1.82) is 0 Å². The number of halogens is 1. The molecule has 3 aromatic heterocycles. The van der Waals surface area contributed by atoms with Gasteiger partial charge in [-0.15, -0.1) is 0 Å². The third kappa shape index (κ3) is 3.06. The summed E-state index contributed by atoms with van der Waals surface area (Å²) in [6.45, 7) is 2.69. The van der Waals surface area contributed by atoms with Gasteiger partial charge in [0, 0.05) is 16.7 Å². The van der Waals surface area contributed by atoms with Gasteiger partial charge in [-0.1, -0.05) is 0 Å². The second-order valence-corrected chi connectivity index (χ2v) is 5.82. The van der Waals surface area contributed by atoms with Gasteiger partial charge in [-0.3, -0.25) is 9.20 Å². The molecular formula is C15H15BrN3O2+. The van der Waals surface area contributed by atoms with Crippen molar-refractivity contribution in [2.75, 3.05) is 0 Å². The Morgan fingerprint density at radius 3 is 3.05 bits per heavy atom. The Balaban J connectivity index is 1.82. The lowest BCUT2D eigenvalue weighted by atomic mass is 10.2. The second kappa shape index (κ2) is 5.83. The Morgan fingerprint density at radius 1 is 1.43 bits per heavy atom. The monoisotopic (exact) mass is 348 g/mol. The Kier molecular flexibility index (Phi) is 3.90. The molecule has 0 aromatic carbocycles. The fourth-order valence-corrected chi connectivity index (χ4v) is 2.53. The van der Waals surface area contributed by atoms with E-state index in [1.807, 2.05) is 24.3 Å². The third-order valence-corrected chi connectivity index (χ3v) is 3.82. The number of nitrogens with two attached hydrogens (primary N) is 1. The van der Waals surface area contributed by atoms with E-state index in [9.17, 15) is 4.79 Å². The summed E-state index contributed by atoms with van der Waals surface area (Å²) in [6.07, 6.45) is 3.39. The van der Waals surface area contributed by atoms with E-state index in [1.54, 1.807) is 18.5 Å². The number of hydrogen-bond acceptors (Lipinski definition) is 3. The van der Waals surface area contributed by atoms with Gasteiger partial charge in [-0.25, -0.2) is 4.98 Å². The van der Waals surface area contributed by atoms with Gasteiger partial charge in [-0.05, 0) is 47.1 Å². The number of hydrogen-bond donors (Lipinski definition) is 1. The van der Waals surface area contributed by atoms with Crippen molar-refractivity contribution in [3.63, 3.8) is 0 Å². The molecule has 0 aliphatic carbocycles. The first-order valence-electron chi connectivity index (χ1n) is 6.68. The van der Waals surface area contributed by atoms with Crippen molar-refractivity contribution in [3.05, 3.63) is 69.1 Å². The number of fused-ring (bicyclic) bond motifs is 1. The Bertz CT molecular complexity index is 811. The first-order chi connectivity index (χ1) is 10.1. The smallest absolute Gasteiger partial charge is 0.258 e. The van der Waals surface area contributed by atoms with E-state index < -0.39 is 0 Å². The molecule has 0 bridgehead atoms. The maximum absolute atomic E-state index is 12.1. The van der Waals surface area contributed by atoms with Crippen LogP contribution in [0.3, 0.4) is 0 Å². The largest absolute Gasteiger partial charge is 0.463 e. The van der Waals surface area contributed by atoms with Gasteiger partial charge in [-0.2, -0.15) is 0 Å². The summed E-state index contributed by atoms with van der Waals surface area (Å²) in [6, 6.07) is 9.28. The number of furan rings is 1. The zero-order valence-electron chi connectivity index (χ0n) is 11.5. The molecule has 0 amide bonds. The van der Waals surface area contributed by atoms with E-state index in [2.05, 4.69) is 33.2 Å². The van der Waals surface area contributed by atoms with Gasteiger partial charge in [0.15, 0.2) is 5.76 Å². The molecular weight excluding hydrogens is 334 g/mol. The van der Waals surface area contributed by atoms with Crippen molar-refractivity contribution in [3.8, 4) is 0 Å². The number of aromatic nitrogens is 2. The molecule has 0 saturated heterocycles. The van der Waals surface area contributed by atoms with Crippen molar-refractivity contribution in [2.45, 2.75) is 19.5 Å². The van der Waals surface area contributed by atoms with E-state index in [-0.39, 0.29) is 11.6 Å². The second-order valence-electron chi connectivity index (χ2n) is 4.91. The molecule has 0 aliphatic rings. The summed E-state index contributed by atoms with van der Waals surface area (Å²) < 4.78 is 7.75. The van der Waals surface area contributed by atoms with E-state index >= 15 is 0 Å². The van der Waals surface area contributed by atoms with Gasteiger partial charge >= 0.3 is 0 Å². The third-order valence-electron chi connectivity index (χ3n) is 3.35. The molecule has 108 valence electrons. The van der Waals surface area contributed by atoms with Gasteiger partial charge in [0.1, 0.15) is 23.9 Å². The minimum absolute atomic E-state index is 0.0737. The maximum Gasteiger partial charge on any atom is 0.258 e. The molecule has 0 radical (unpaired) electrons. The fourth-order valence-electron chi connectivity index (χ4n) is 2.19. The highest BCUT2D eigenvalue weighted by atomic mass is 79.9. The molecule has 3 aromatic rings. The van der Waals surface area contributed by atoms with Crippen LogP contribution in [0.25, 0.3) is 5.65 Å². The van der Waals surface area contributed by atoms with Gasteiger partial charge in [0.2, 0.25) is 0 Å². The molecule has 1 atom stereocenters. The van der Waals surface area contributed by atoms with Gasteiger partial charge in [0.05, 0.1) is 6.26 Å². The normalized spacial score (nSPS) is 12.7. The van der Waals surface area contributed by atoms with Crippen LogP contribution in [0.1, 0.15) is 24.4 Å². The zero-order valence-corrected chi connectivity index (χ0v) is 13.1. The average Bonchev–Trinajstić information content (AvgIpc) is 3.00. The summed E-state index contributed by atoms with van der Waals surface area (Å²) in [7, 11) is 0. The van der Waals surface area contributed by atoms with Crippen LogP contribution in [-0.2, 0) is 6.54 Å². The average molecular weight is 349 g/mol. The quantitative estimate of drug-likeness (QED) is 0.782. The van der Waals surface area contributed by atoms with Crippen LogP contribution in [0.5, 0.6) is 0 Å². The first-order valence-corrected chi connectivity index (χ1v) is 7.47. The summed E-state index contributed by atoms with van der Waals surface area (Å²) in [5.74, 6) is 0.913. The molecule has 21 heavy (non-hydrogen) atoms. The minimum atomic E-state index is -0.0737. The lowest BCUT2D eigenvalue weighted by Gasteiger charge is -2.08. The van der Waals surface area contributed by atoms with Gasteiger partial charge < -0.3 is 9.73 Å². The Hall–Kier alpha value is -1.92. The van der Waals surface area contributed by atoms with Crippen LogP contribution in [0.4, 0.5) is 0 Å². The van der Waals surface area contributed by atoms with Crippen molar-refractivity contribution < 1.29 is 9.73 Å². The lowest BCUT2D eigenvalue weighted by molar-refractivity contribution is -0.710. The summed E-state index contributed by atoms with van der Waals surface area (Å²) in [5.41, 5.74) is 1.34. The van der Waals surface area contributed by atoms with E-state index in [1.165, 1.54) is 4.40 Å². The Morgan fingerprint density at radius 2 is 2.29 bits per heavy atom. The van der Waals surface area contributed by atoms with Crippen LogP contribution in [0.15, 0.2) is 56.5 Å². The molecule has 2 N–H and O–H groups in total. The highest BCUT2D eigenvalue weighted by Gasteiger charge is 2.12. The van der Waals surface area contributed by atoms with Crippen LogP contribution in [0, 0.1) is 0 Å². The molecule has 0 aliphatic heterocycles. The summed E-state index contributed by atoms with van der Waals surface area (Å²) in [5, 5.41) is 2.09. The summed E-state index contributed by atoms with van der Waals surface area (Å²) in [4.78, 5) is 16.6. The summed E-state index contributed by atoms with van der Waals surface area (Å²) >= 11 is 3.35. The van der Waals surface area contributed by atoms with E-state index in [4.69, 9.17) is 4.42 Å². The van der Waals surface area contributed by atoms with Crippen molar-refractivity contribution >= 4 is 21.6 Å². The predicted molar refractivity (Wildman–Crippen MR) is 81.9 cm³/mol. The van der Waals surface area contributed by atoms with E-state index in [0.717, 1.165) is 15.9 Å². The molecule has 5 nitrogen and oxygen atoms in total. The number of nitrogens with zero attached hydrogens (tertiary/aromatic N) is 2. The molecule has 0 fully saturated rings. The predicted octanol–water partition coefficient (Wildman–Crippen LogP) is 1.87. The number of pyridine rings is 1. The topological polar surface area (TPSA) is 64.1 Å². The zero-order chi connectivity index (χ0) is 14.8. The highest BCUT2D eigenvalue weighted by molar-refractivity contribution is 9.10. The molecule has 0 saturated carbocycles. The van der Waals surface area contributed by atoms with Crippen molar-refractivity contribution in [2.24, 2.45) is 0 Å². The highest BCUT2D eigenvalue weighted by Crippen LogP contribution is 2.10. The van der Waals surface area contributed by atoms with Crippen LogP contribution >= 0.6 is 15.9 Å². The van der Waals surface area contributed by atoms with Crippen LogP contribution in [-0.4, -0.2) is 9.38 Å². The standard InChI is InChI=1S/C15H14BrN3O2/c1-10(13-3-2-6-21-13)17-8-12-7-15(20)19-9-11(16)4-5-14(19)18-12/h2-7,9-10,17H,8H2,1H3/p+1/t10-/m0/s1. The Labute approximate surface area is 129 Å². The molecule has 3 rings (SSSR count). The van der Waals surface area contributed by atoms with Crippen LogP contribution < -0.4 is 10.9 Å².